The summed E-state index contributed by atoms with van der Waals surface area (Å²) in [7, 11) is 0. The Balaban J connectivity index is 2.09. The number of carbonyl (C=O) groups excluding carboxylic acids is 1. The molecule has 20 heavy (non-hydrogen) atoms. The second kappa shape index (κ2) is 7.25. The van der Waals surface area contributed by atoms with E-state index >= 15 is 0 Å². The highest BCUT2D eigenvalue weighted by molar-refractivity contribution is 7.10. The van der Waals surface area contributed by atoms with Gasteiger partial charge in [-0.25, -0.2) is 4.79 Å². The first-order chi connectivity index (χ1) is 9.74. The molecule has 1 heterocycles. The number of thiophene rings is 1. The van der Waals surface area contributed by atoms with Crippen LogP contribution in [0.1, 0.15) is 41.9 Å². The molecule has 0 amide bonds. The lowest BCUT2D eigenvalue weighted by Crippen LogP contribution is -2.03. The van der Waals surface area contributed by atoms with E-state index in [0.29, 0.717) is 12.2 Å². The van der Waals surface area contributed by atoms with Crippen LogP contribution >= 0.6 is 11.3 Å². The number of rotatable bonds is 6. The third kappa shape index (κ3) is 3.70. The van der Waals surface area contributed by atoms with E-state index in [1.54, 1.807) is 0 Å². The van der Waals surface area contributed by atoms with E-state index in [2.05, 4.69) is 18.4 Å². The zero-order chi connectivity index (χ0) is 14.4. The monoisotopic (exact) mass is 288 g/mol. The second-order valence-corrected chi connectivity index (χ2v) is 5.70. The maximum Gasteiger partial charge on any atom is 0.338 e. The summed E-state index contributed by atoms with van der Waals surface area (Å²) in [5.41, 5.74) is 2.99. The number of esters is 1. The van der Waals surface area contributed by atoms with Crippen LogP contribution in [0.4, 0.5) is 0 Å². The standard InChI is InChI=1S/C17H20O2S/c1-3-5-6-16-11-15(12-20-16)13-7-9-14(10-8-13)17(18)19-4-2/h7-12H,3-6H2,1-2H3. The first-order valence-electron chi connectivity index (χ1n) is 7.09. The van der Waals surface area contributed by atoms with Gasteiger partial charge in [-0.1, -0.05) is 25.5 Å². The molecule has 0 bridgehead atoms. The molecular weight excluding hydrogens is 268 g/mol. The van der Waals surface area contributed by atoms with Gasteiger partial charge in [0.15, 0.2) is 0 Å². The maximum atomic E-state index is 11.6. The van der Waals surface area contributed by atoms with Crippen LogP contribution in [0.3, 0.4) is 0 Å². The average Bonchev–Trinajstić information content (AvgIpc) is 2.94. The summed E-state index contributed by atoms with van der Waals surface area (Å²) in [6, 6.07) is 9.88. The molecule has 0 saturated heterocycles. The molecule has 106 valence electrons. The summed E-state index contributed by atoms with van der Waals surface area (Å²) in [5.74, 6) is -0.256. The van der Waals surface area contributed by atoms with Crippen molar-refractivity contribution in [2.45, 2.75) is 33.1 Å². The summed E-state index contributed by atoms with van der Waals surface area (Å²) in [5, 5.41) is 2.18. The lowest BCUT2D eigenvalue weighted by Gasteiger charge is -2.03. The number of ether oxygens (including phenoxy) is 1. The molecule has 2 rings (SSSR count). The third-order valence-corrected chi connectivity index (χ3v) is 4.16. The molecule has 0 aliphatic heterocycles. The van der Waals surface area contributed by atoms with Crippen molar-refractivity contribution in [3.8, 4) is 11.1 Å². The van der Waals surface area contributed by atoms with Crippen molar-refractivity contribution in [1.82, 2.24) is 0 Å². The van der Waals surface area contributed by atoms with Gasteiger partial charge in [0.05, 0.1) is 12.2 Å². The van der Waals surface area contributed by atoms with Gasteiger partial charge in [-0.15, -0.1) is 11.3 Å². The van der Waals surface area contributed by atoms with E-state index in [-0.39, 0.29) is 5.97 Å². The van der Waals surface area contributed by atoms with Gasteiger partial charge in [0, 0.05) is 4.88 Å². The second-order valence-electron chi connectivity index (χ2n) is 4.70. The highest BCUT2D eigenvalue weighted by Gasteiger charge is 2.07. The van der Waals surface area contributed by atoms with E-state index in [4.69, 9.17) is 4.74 Å². The largest absolute Gasteiger partial charge is 0.462 e. The van der Waals surface area contributed by atoms with Crippen LogP contribution < -0.4 is 0 Å². The molecule has 0 radical (unpaired) electrons. The van der Waals surface area contributed by atoms with Crippen molar-refractivity contribution in [3.05, 3.63) is 46.2 Å². The van der Waals surface area contributed by atoms with Crippen molar-refractivity contribution < 1.29 is 9.53 Å². The summed E-state index contributed by atoms with van der Waals surface area (Å²) in [6.07, 6.45) is 3.62. The highest BCUT2D eigenvalue weighted by atomic mass is 32.1. The Morgan fingerprint density at radius 3 is 2.55 bits per heavy atom. The molecule has 0 aliphatic carbocycles. The molecule has 2 nitrogen and oxygen atoms in total. The van der Waals surface area contributed by atoms with Gasteiger partial charge in [-0.3, -0.25) is 0 Å². The van der Waals surface area contributed by atoms with Gasteiger partial charge in [0.2, 0.25) is 0 Å². The van der Waals surface area contributed by atoms with Gasteiger partial charge in [0.1, 0.15) is 0 Å². The molecule has 2 aromatic rings. The number of carbonyl (C=O) groups is 1. The summed E-state index contributed by atoms with van der Waals surface area (Å²) >= 11 is 1.81. The van der Waals surface area contributed by atoms with Crippen molar-refractivity contribution in [1.29, 1.82) is 0 Å². The fraction of sp³-hybridized carbons (Fsp3) is 0.353. The van der Waals surface area contributed by atoms with Crippen LogP contribution in [0.5, 0.6) is 0 Å². The van der Waals surface area contributed by atoms with Gasteiger partial charge >= 0.3 is 5.97 Å². The molecule has 3 heteroatoms. The molecule has 0 N–H and O–H groups in total. The zero-order valence-corrected chi connectivity index (χ0v) is 12.8. The van der Waals surface area contributed by atoms with Gasteiger partial charge in [-0.2, -0.15) is 0 Å². The maximum absolute atomic E-state index is 11.6. The molecule has 1 aromatic carbocycles. The Kier molecular flexibility index (Phi) is 5.36. The predicted molar refractivity (Wildman–Crippen MR) is 84.3 cm³/mol. The Bertz CT molecular complexity index is 555. The Morgan fingerprint density at radius 2 is 1.90 bits per heavy atom. The number of hydrogen-bond acceptors (Lipinski definition) is 3. The molecule has 0 unspecified atom stereocenters. The van der Waals surface area contributed by atoms with Crippen LogP contribution in [0, 0.1) is 0 Å². The SMILES string of the molecule is CCCCc1cc(-c2ccc(C(=O)OCC)cc2)cs1. The number of benzene rings is 1. The summed E-state index contributed by atoms with van der Waals surface area (Å²) in [4.78, 5) is 13.0. The third-order valence-electron chi connectivity index (χ3n) is 3.16. The minimum Gasteiger partial charge on any atom is -0.462 e. The molecule has 0 saturated carbocycles. The quantitative estimate of drug-likeness (QED) is 0.704. The minimum atomic E-state index is -0.256. The van der Waals surface area contributed by atoms with E-state index in [1.165, 1.54) is 23.3 Å². The topological polar surface area (TPSA) is 26.3 Å². The van der Waals surface area contributed by atoms with Crippen LogP contribution in [-0.4, -0.2) is 12.6 Å². The zero-order valence-electron chi connectivity index (χ0n) is 12.0. The van der Waals surface area contributed by atoms with E-state index in [0.717, 1.165) is 12.0 Å². The van der Waals surface area contributed by atoms with Crippen molar-refractivity contribution in [3.63, 3.8) is 0 Å². The molecule has 0 fully saturated rings. The van der Waals surface area contributed by atoms with E-state index in [1.807, 2.05) is 42.5 Å². The van der Waals surface area contributed by atoms with Crippen molar-refractivity contribution >= 4 is 17.3 Å². The number of hydrogen-bond donors (Lipinski definition) is 0. The van der Waals surface area contributed by atoms with E-state index in [9.17, 15) is 4.79 Å². The van der Waals surface area contributed by atoms with Gasteiger partial charge < -0.3 is 4.74 Å². The summed E-state index contributed by atoms with van der Waals surface area (Å²) < 4.78 is 4.99. The average molecular weight is 288 g/mol. The summed E-state index contributed by atoms with van der Waals surface area (Å²) in [6.45, 7) is 4.43. The highest BCUT2D eigenvalue weighted by Crippen LogP contribution is 2.27. The number of unbranched alkanes of at least 4 members (excludes halogenated alkanes) is 1. The first-order valence-corrected chi connectivity index (χ1v) is 7.97. The molecule has 0 aliphatic rings. The lowest BCUT2D eigenvalue weighted by atomic mass is 10.1. The predicted octanol–water partition coefficient (Wildman–Crippen LogP) is 4.93. The molecule has 1 aromatic heterocycles. The Labute approximate surface area is 124 Å². The van der Waals surface area contributed by atoms with Crippen LogP contribution in [0.15, 0.2) is 35.7 Å². The molecular formula is C17H20O2S. The Morgan fingerprint density at radius 1 is 1.15 bits per heavy atom. The molecule has 0 atom stereocenters. The minimum absolute atomic E-state index is 0.256. The smallest absolute Gasteiger partial charge is 0.338 e. The van der Waals surface area contributed by atoms with Crippen LogP contribution in [0.2, 0.25) is 0 Å². The fourth-order valence-corrected chi connectivity index (χ4v) is 2.97. The van der Waals surface area contributed by atoms with Crippen molar-refractivity contribution in [2.75, 3.05) is 6.61 Å². The normalized spacial score (nSPS) is 10.5. The first kappa shape index (κ1) is 14.8. The van der Waals surface area contributed by atoms with Crippen LogP contribution in [-0.2, 0) is 11.2 Å². The molecule has 0 spiro atoms. The van der Waals surface area contributed by atoms with Crippen molar-refractivity contribution in [2.24, 2.45) is 0 Å². The van der Waals surface area contributed by atoms with Gasteiger partial charge in [-0.05, 0) is 54.5 Å². The Hall–Kier alpha value is -1.61. The van der Waals surface area contributed by atoms with Crippen LogP contribution in [0.25, 0.3) is 11.1 Å². The fourth-order valence-electron chi connectivity index (χ4n) is 2.03. The van der Waals surface area contributed by atoms with Gasteiger partial charge in [0.25, 0.3) is 0 Å². The number of aryl methyl sites for hydroxylation is 1. The van der Waals surface area contributed by atoms with E-state index < -0.39 is 0 Å². The lowest BCUT2D eigenvalue weighted by molar-refractivity contribution is 0.0526.